The van der Waals surface area contributed by atoms with E-state index in [1.54, 1.807) is 18.2 Å². The molecule has 0 aromatic heterocycles. The Morgan fingerprint density at radius 3 is 2.75 bits per heavy atom. The maximum absolute atomic E-state index is 12.0. The van der Waals surface area contributed by atoms with Gasteiger partial charge in [-0.3, -0.25) is 14.9 Å². The minimum Gasteiger partial charge on any atom is -0.298 e. The lowest BCUT2D eigenvalue weighted by Crippen LogP contribution is -2.33. The predicted molar refractivity (Wildman–Crippen MR) is 72.9 cm³/mol. The molecule has 2 rings (SSSR count). The van der Waals surface area contributed by atoms with Crippen molar-refractivity contribution < 1.29 is 9.72 Å². The summed E-state index contributed by atoms with van der Waals surface area (Å²) in [6.07, 6.45) is 3.49. The van der Waals surface area contributed by atoms with Gasteiger partial charge in [0.2, 0.25) is 0 Å². The molecule has 0 heterocycles. The molecule has 0 spiro atoms. The van der Waals surface area contributed by atoms with E-state index in [0.717, 1.165) is 12.8 Å². The van der Waals surface area contributed by atoms with Gasteiger partial charge in [-0.25, -0.2) is 0 Å². The van der Waals surface area contributed by atoms with Gasteiger partial charge in [-0.2, -0.15) is 5.26 Å². The first-order valence-corrected chi connectivity index (χ1v) is 6.76. The molecule has 0 amide bonds. The van der Waals surface area contributed by atoms with Crippen LogP contribution < -0.4 is 0 Å². The van der Waals surface area contributed by atoms with Crippen LogP contribution in [0.5, 0.6) is 0 Å². The maximum atomic E-state index is 12.0. The van der Waals surface area contributed by atoms with E-state index in [4.69, 9.17) is 0 Å². The molecule has 5 heteroatoms. The zero-order valence-electron chi connectivity index (χ0n) is 11.2. The average Bonchev–Trinajstić information content (AvgIpc) is 2.47. The van der Waals surface area contributed by atoms with Gasteiger partial charge in [-0.1, -0.05) is 24.6 Å². The van der Waals surface area contributed by atoms with Gasteiger partial charge in [-0.15, -0.1) is 0 Å². The second-order valence-corrected chi connectivity index (χ2v) is 5.21. The number of benzene rings is 1. The summed E-state index contributed by atoms with van der Waals surface area (Å²) in [6.45, 7) is 0. The molecule has 1 atom stereocenters. The highest BCUT2D eigenvalue weighted by Crippen LogP contribution is 2.37. The molecule has 0 bridgehead atoms. The molecule has 0 radical (unpaired) electrons. The molecule has 1 saturated carbocycles. The SMILES string of the molecule is N#CC1(CCc2ccccc2[N+](=O)[O-])CCCCC1=O. The summed E-state index contributed by atoms with van der Waals surface area (Å²) >= 11 is 0. The lowest BCUT2D eigenvalue weighted by Gasteiger charge is -2.28. The van der Waals surface area contributed by atoms with Gasteiger partial charge in [-0.05, 0) is 25.7 Å². The van der Waals surface area contributed by atoms with E-state index in [1.807, 2.05) is 0 Å². The van der Waals surface area contributed by atoms with E-state index in [9.17, 15) is 20.2 Å². The third-order valence-electron chi connectivity index (χ3n) is 4.01. The van der Waals surface area contributed by atoms with Crippen LogP contribution in [0.1, 0.15) is 37.7 Å². The van der Waals surface area contributed by atoms with Gasteiger partial charge < -0.3 is 0 Å². The number of rotatable bonds is 4. The lowest BCUT2D eigenvalue weighted by molar-refractivity contribution is -0.385. The Kier molecular flexibility index (Phi) is 4.14. The molecule has 1 aliphatic carbocycles. The Bertz CT molecular complexity index is 577. The Morgan fingerprint density at radius 2 is 2.10 bits per heavy atom. The number of nitrogens with zero attached hydrogens (tertiary/aromatic N) is 2. The number of nitriles is 1. The van der Waals surface area contributed by atoms with Gasteiger partial charge in [0.25, 0.3) is 5.69 Å². The van der Waals surface area contributed by atoms with E-state index in [-0.39, 0.29) is 11.5 Å². The molecule has 1 unspecified atom stereocenters. The third-order valence-corrected chi connectivity index (χ3v) is 4.01. The smallest absolute Gasteiger partial charge is 0.272 e. The summed E-state index contributed by atoms with van der Waals surface area (Å²) in [5, 5.41) is 20.3. The van der Waals surface area contributed by atoms with Crippen molar-refractivity contribution >= 4 is 11.5 Å². The van der Waals surface area contributed by atoms with Crippen LogP contribution in [0.2, 0.25) is 0 Å². The number of nitro groups is 1. The lowest BCUT2D eigenvalue weighted by atomic mass is 9.71. The van der Waals surface area contributed by atoms with Crippen LogP contribution in [-0.4, -0.2) is 10.7 Å². The standard InChI is InChI=1S/C15H16N2O3/c16-11-15(9-4-3-7-14(15)18)10-8-12-5-1-2-6-13(12)17(19)20/h1-2,5-6H,3-4,7-10H2. The number of para-hydroxylation sites is 1. The second-order valence-electron chi connectivity index (χ2n) is 5.21. The predicted octanol–water partition coefficient (Wildman–Crippen LogP) is 3.18. The zero-order chi connectivity index (χ0) is 14.6. The molecule has 5 nitrogen and oxygen atoms in total. The van der Waals surface area contributed by atoms with Gasteiger partial charge in [0, 0.05) is 18.1 Å². The topological polar surface area (TPSA) is 84.0 Å². The highest BCUT2D eigenvalue weighted by atomic mass is 16.6. The number of carbonyl (C=O) groups excluding carboxylic acids is 1. The fourth-order valence-electron chi connectivity index (χ4n) is 2.78. The van der Waals surface area contributed by atoms with Crippen LogP contribution in [-0.2, 0) is 11.2 Å². The molecule has 1 aromatic carbocycles. The normalized spacial score (nSPS) is 22.2. The van der Waals surface area contributed by atoms with Crippen molar-refractivity contribution in [2.45, 2.75) is 38.5 Å². The number of ketones is 1. The van der Waals surface area contributed by atoms with Gasteiger partial charge in [0.05, 0.1) is 11.0 Å². The summed E-state index contributed by atoms with van der Waals surface area (Å²) in [6, 6.07) is 8.67. The highest BCUT2D eigenvalue weighted by Gasteiger charge is 2.39. The number of nitro benzene ring substituents is 1. The first-order valence-electron chi connectivity index (χ1n) is 6.76. The van der Waals surface area contributed by atoms with E-state index in [0.29, 0.717) is 31.2 Å². The fraction of sp³-hybridized carbons (Fsp3) is 0.467. The largest absolute Gasteiger partial charge is 0.298 e. The fourth-order valence-corrected chi connectivity index (χ4v) is 2.78. The first-order chi connectivity index (χ1) is 9.59. The van der Waals surface area contributed by atoms with Crippen molar-refractivity contribution in [3.8, 4) is 6.07 Å². The van der Waals surface area contributed by atoms with Gasteiger partial charge in [0.15, 0.2) is 5.78 Å². The second kappa shape index (κ2) is 5.83. The molecule has 1 aliphatic rings. The quantitative estimate of drug-likeness (QED) is 0.622. The summed E-state index contributed by atoms with van der Waals surface area (Å²) in [4.78, 5) is 22.6. The monoisotopic (exact) mass is 272 g/mol. The van der Waals surface area contributed by atoms with Gasteiger partial charge >= 0.3 is 0 Å². The van der Waals surface area contributed by atoms with Crippen molar-refractivity contribution in [2.75, 3.05) is 0 Å². The molecule has 0 saturated heterocycles. The Hall–Kier alpha value is -2.22. The molecule has 104 valence electrons. The van der Waals surface area contributed by atoms with Crippen LogP contribution in [0.4, 0.5) is 5.69 Å². The highest BCUT2D eigenvalue weighted by molar-refractivity contribution is 5.88. The maximum Gasteiger partial charge on any atom is 0.272 e. The zero-order valence-corrected chi connectivity index (χ0v) is 11.2. The van der Waals surface area contributed by atoms with E-state index >= 15 is 0 Å². The molecular weight excluding hydrogens is 256 g/mol. The number of hydrogen-bond donors (Lipinski definition) is 0. The molecule has 0 N–H and O–H groups in total. The van der Waals surface area contributed by atoms with Crippen LogP contribution in [0.15, 0.2) is 24.3 Å². The molecular formula is C15H16N2O3. The minimum absolute atomic E-state index is 0.00941. The Balaban J connectivity index is 2.17. The van der Waals surface area contributed by atoms with E-state index in [1.165, 1.54) is 6.07 Å². The van der Waals surface area contributed by atoms with Crippen LogP contribution in [0.25, 0.3) is 0 Å². The van der Waals surface area contributed by atoms with Crippen molar-refractivity contribution in [2.24, 2.45) is 5.41 Å². The van der Waals surface area contributed by atoms with Crippen LogP contribution in [0, 0.1) is 26.9 Å². The van der Waals surface area contributed by atoms with E-state index < -0.39 is 10.3 Å². The van der Waals surface area contributed by atoms with Crippen LogP contribution >= 0.6 is 0 Å². The number of carbonyl (C=O) groups is 1. The van der Waals surface area contributed by atoms with Crippen molar-refractivity contribution in [3.63, 3.8) is 0 Å². The van der Waals surface area contributed by atoms with E-state index in [2.05, 4.69) is 6.07 Å². The molecule has 20 heavy (non-hydrogen) atoms. The Morgan fingerprint density at radius 1 is 1.35 bits per heavy atom. The third kappa shape index (κ3) is 2.69. The first kappa shape index (κ1) is 14.2. The summed E-state index contributed by atoms with van der Waals surface area (Å²) in [7, 11) is 0. The minimum atomic E-state index is -0.942. The number of Topliss-reactive ketones (excluding diaryl/α,β-unsaturated/α-hetero) is 1. The number of aryl methyl sites for hydroxylation is 1. The Labute approximate surface area is 117 Å². The number of hydrogen-bond acceptors (Lipinski definition) is 4. The van der Waals surface area contributed by atoms with Crippen molar-refractivity contribution in [1.82, 2.24) is 0 Å². The van der Waals surface area contributed by atoms with Crippen molar-refractivity contribution in [1.29, 1.82) is 5.26 Å². The summed E-state index contributed by atoms with van der Waals surface area (Å²) < 4.78 is 0. The average molecular weight is 272 g/mol. The molecule has 1 fully saturated rings. The van der Waals surface area contributed by atoms with Crippen molar-refractivity contribution in [3.05, 3.63) is 39.9 Å². The molecule has 1 aromatic rings. The summed E-state index contributed by atoms with van der Waals surface area (Å²) in [5.41, 5.74) is -0.295. The summed E-state index contributed by atoms with van der Waals surface area (Å²) in [5.74, 6) is -0.00941. The van der Waals surface area contributed by atoms with Crippen LogP contribution in [0.3, 0.4) is 0 Å². The van der Waals surface area contributed by atoms with Gasteiger partial charge in [0.1, 0.15) is 5.41 Å². The molecule has 0 aliphatic heterocycles.